The molecule has 0 amide bonds. The minimum atomic E-state index is -1.17. The van der Waals surface area contributed by atoms with E-state index in [-0.39, 0.29) is 0 Å². The zero-order valence-electron chi connectivity index (χ0n) is 12.0. The van der Waals surface area contributed by atoms with Crippen LogP contribution < -0.4 is 5.73 Å². The molecule has 98 valence electrons. The summed E-state index contributed by atoms with van der Waals surface area (Å²) < 4.78 is 0. The first-order valence-corrected chi connectivity index (χ1v) is 10.4. The van der Waals surface area contributed by atoms with E-state index < -0.39 is 8.07 Å². The van der Waals surface area contributed by atoms with Crippen LogP contribution in [0.3, 0.4) is 0 Å². The van der Waals surface area contributed by atoms with E-state index in [2.05, 4.69) is 67.2 Å². The Morgan fingerprint density at radius 1 is 1.11 bits per heavy atom. The average molecular weight is 260 g/mol. The molecular formula is C16H26NSi+. The van der Waals surface area contributed by atoms with Crippen molar-refractivity contribution in [3.63, 3.8) is 0 Å². The van der Waals surface area contributed by atoms with Crippen molar-refractivity contribution < 1.29 is 5.73 Å². The van der Waals surface area contributed by atoms with E-state index >= 15 is 0 Å². The SMILES string of the molecule is C[Si](C)(C)C#CCCCCC([NH3+])c1ccccc1. The first-order chi connectivity index (χ1) is 8.49. The van der Waals surface area contributed by atoms with Crippen molar-refractivity contribution in [2.75, 3.05) is 0 Å². The molecule has 0 saturated carbocycles. The molecule has 0 bridgehead atoms. The van der Waals surface area contributed by atoms with Gasteiger partial charge in [-0.05, 0) is 12.8 Å². The van der Waals surface area contributed by atoms with Crippen LogP contribution in [0.2, 0.25) is 19.6 Å². The Bertz CT molecular complexity index is 395. The lowest BCUT2D eigenvalue weighted by Gasteiger charge is -2.07. The highest BCUT2D eigenvalue weighted by atomic mass is 28.3. The highest BCUT2D eigenvalue weighted by Gasteiger charge is 2.08. The van der Waals surface area contributed by atoms with Crippen molar-refractivity contribution in [2.45, 2.75) is 51.4 Å². The third-order valence-corrected chi connectivity index (χ3v) is 3.77. The standard InChI is InChI=1S/C16H25NSi/c1-18(2,3)14-10-5-4-9-13-16(17)15-11-7-6-8-12-15/h6-8,11-12,16H,4-5,9,13,17H2,1-3H3/p+1. The number of unbranched alkanes of at least 4 members (excludes halogenated alkanes) is 2. The van der Waals surface area contributed by atoms with Crippen molar-refractivity contribution in [1.29, 1.82) is 0 Å². The number of benzene rings is 1. The maximum absolute atomic E-state index is 4.24. The summed E-state index contributed by atoms with van der Waals surface area (Å²) >= 11 is 0. The molecule has 0 heterocycles. The normalized spacial score (nSPS) is 12.7. The summed E-state index contributed by atoms with van der Waals surface area (Å²) in [4.78, 5) is 0. The van der Waals surface area contributed by atoms with Crippen LogP contribution in [0.15, 0.2) is 30.3 Å². The van der Waals surface area contributed by atoms with Crippen LogP contribution in [0.25, 0.3) is 0 Å². The number of quaternary nitrogens is 1. The summed E-state index contributed by atoms with van der Waals surface area (Å²) in [7, 11) is -1.17. The fourth-order valence-corrected chi connectivity index (χ4v) is 2.48. The lowest BCUT2D eigenvalue weighted by atomic mass is 10.0. The Hall–Kier alpha value is -1.04. The monoisotopic (exact) mass is 260 g/mol. The van der Waals surface area contributed by atoms with Gasteiger partial charge in [-0.25, -0.2) is 0 Å². The van der Waals surface area contributed by atoms with Gasteiger partial charge < -0.3 is 5.73 Å². The molecule has 1 atom stereocenters. The second-order valence-corrected chi connectivity index (χ2v) is 10.7. The van der Waals surface area contributed by atoms with E-state index in [4.69, 9.17) is 0 Å². The van der Waals surface area contributed by atoms with Crippen LogP contribution in [0.4, 0.5) is 0 Å². The van der Waals surface area contributed by atoms with Crippen LogP contribution in [0.5, 0.6) is 0 Å². The molecule has 0 aliphatic carbocycles. The minimum Gasteiger partial charge on any atom is -0.351 e. The Kier molecular flexibility index (Phi) is 6.18. The van der Waals surface area contributed by atoms with Crippen LogP contribution in [0, 0.1) is 11.5 Å². The van der Waals surface area contributed by atoms with Gasteiger partial charge in [0.1, 0.15) is 14.1 Å². The topological polar surface area (TPSA) is 27.6 Å². The van der Waals surface area contributed by atoms with Crippen molar-refractivity contribution in [3.8, 4) is 11.5 Å². The van der Waals surface area contributed by atoms with E-state index in [9.17, 15) is 0 Å². The molecule has 1 aromatic carbocycles. The third-order valence-electron chi connectivity index (χ3n) is 2.84. The van der Waals surface area contributed by atoms with Gasteiger partial charge in [0, 0.05) is 18.4 Å². The van der Waals surface area contributed by atoms with Crippen molar-refractivity contribution in [2.24, 2.45) is 0 Å². The molecule has 0 radical (unpaired) electrons. The largest absolute Gasteiger partial charge is 0.351 e. The van der Waals surface area contributed by atoms with Gasteiger partial charge in [-0.2, -0.15) is 0 Å². The summed E-state index contributed by atoms with van der Waals surface area (Å²) in [6.45, 7) is 6.88. The zero-order chi connectivity index (χ0) is 13.4. The van der Waals surface area contributed by atoms with Gasteiger partial charge in [-0.3, -0.25) is 0 Å². The van der Waals surface area contributed by atoms with E-state index in [1.54, 1.807) is 0 Å². The summed E-state index contributed by atoms with van der Waals surface area (Å²) in [6, 6.07) is 11.0. The van der Waals surface area contributed by atoms with E-state index in [0.717, 1.165) is 6.42 Å². The Balaban J connectivity index is 2.20. The maximum atomic E-state index is 4.24. The molecule has 1 aromatic rings. The zero-order valence-corrected chi connectivity index (χ0v) is 13.0. The number of hydrogen-bond acceptors (Lipinski definition) is 0. The molecule has 0 aromatic heterocycles. The molecule has 0 aliphatic heterocycles. The first-order valence-electron chi connectivity index (χ1n) is 6.87. The molecule has 3 N–H and O–H groups in total. The number of rotatable bonds is 5. The van der Waals surface area contributed by atoms with Crippen molar-refractivity contribution in [3.05, 3.63) is 35.9 Å². The summed E-state index contributed by atoms with van der Waals surface area (Å²) in [5.41, 5.74) is 9.00. The quantitative estimate of drug-likeness (QED) is 0.477. The van der Waals surface area contributed by atoms with Gasteiger partial charge in [-0.15, -0.1) is 11.5 Å². The van der Waals surface area contributed by atoms with Gasteiger partial charge in [-0.1, -0.05) is 50.0 Å². The Labute approximate surface area is 113 Å². The molecular weight excluding hydrogens is 234 g/mol. The molecule has 2 heteroatoms. The summed E-state index contributed by atoms with van der Waals surface area (Å²) in [6.07, 6.45) is 4.64. The van der Waals surface area contributed by atoms with Gasteiger partial charge in [0.15, 0.2) is 0 Å². The predicted octanol–water partition coefficient (Wildman–Crippen LogP) is 3.41. The number of hydrogen-bond donors (Lipinski definition) is 1. The predicted molar refractivity (Wildman–Crippen MR) is 81.7 cm³/mol. The summed E-state index contributed by atoms with van der Waals surface area (Å²) in [5.74, 6) is 3.33. The molecule has 0 saturated heterocycles. The van der Waals surface area contributed by atoms with Gasteiger partial charge >= 0.3 is 0 Å². The molecule has 0 fully saturated rings. The smallest absolute Gasteiger partial charge is 0.129 e. The summed E-state index contributed by atoms with van der Waals surface area (Å²) in [5, 5.41) is 0. The van der Waals surface area contributed by atoms with E-state index in [0.29, 0.717) is 6.04 Å². The Morgan fingerprint density at radius 2 is 1.78 bits per heavy atom. The molecule has 1 nitrogen and oxygen atoms in total. The molecule has 0 aliphatic rings. The lowest BCUT2D eigenvalue weighted by molar-refractivity contribution is -0.428. The van der Waals surface area contributed by atoms with Gasteiger partial charge in [0.2, 0.25) is 0 Å². The van der Waals surface area contributed by atoms with E-state index in [1.165, 1.54) is 24.8 Å². The van der Waals surface area contributed by atoms with Crippen LogP contribution >= 0.6 is 0 Å². The Morgan fingerprint density at radius 3 is 2.39 bits per heavy atom. The highest BCUT2D eigenvalue weighted by molar-refractivity contribution is 6.83. The average Bonchev–Trinajstić information content (AvgIpc) is 2.33. The van der Waals surface area contributed by atoms with E-state index in [1.807, 2.05) is 0 Å². The highest BCUT2D eigenvalue weighted by Crippen LogP contribution is 2.14. The molecule has 1 rings (SSSR count). The van der Waals surface area contributed by atoms with Crippen molar-refractivity contribution in [1.82, 2.24) is 0 Å². The fourth-order valence-electron chi connectivity index (χ4n) is 1.82. The first kappa shape index (κ1) is 15.0. The van der Waals surface area contributed by atoms with Crippen LogP contribution in [-0.2, 0) is 0 Å². The van der Waals surface area contributed by atoms with Gasteiger partial charge in [0.25, 0.3) is 0 Å². The van der Waals surface area contributed by atoms with Crippen molar-refractivity contribution >= 4 is 8.07 Å². The molecule has 0 spiro atoms. The van der Waals surface area contributed by atoms with Gasteiger partial charge in [0.05, 0.1) is 0 Å². The maximum Gasteiger partial charge on any atom is 0.129 e. The molecule has 1 unspecified atom stereocenters. The fraction of sp³-hybridized carbons (Fsp3) is 0.500. The molecule has 18 heavy (non-hydrogen) atoms. The lowest BCUT2D eigenvalue weighted by Crippen LogP contribution is -2.53. The van der Waals surface area contributed by atoms with Crippen LogP contribution in [0.1, 0.15) is 37.3 Å². The second-order valence-electron chi connectivity index (χ2n) is 5.91. The van der Waals surface area contributed by atoms with Crippen LogP contribution in [-0.4, -0.2) is 8.07 Å². The second kappa shape index (κ2) is 7.40. The minimum absolute atomic E-state index is 0.427. The third kappa shape index (κ3) is 6.63.